The second-order valence-electron chi connectivity index (χ2n) is 5.34. The Morgan fingerprint density at radius 2 is 0.516 bits per heavy atom. The second kappa shape index (κ2) is 7.01. The van der Waals surface area contributed by atoms with Crippen LogP contribution in [0.5, 0.6) is 0 Å². The molecule has 0 N–H and O–H groups in total. The van der Waals surface area contributed by atoms with E-state index in [-0.39, 0.29) is 0 Å². The van der Waals surface area contributed by atoms with E-state index in [1.54, 1.807) is 0 Å². The smallest absolute Gasteiger partial charge is 0.223 e. The maximum Gasteiger partial charge on any atom is 0.454 e. The van der Waals surface area contributed by atoms with Crippen molar-refractivity contribution in [2.24, 2.45) is 5.41 Å². The molecule has 31 heavy (non-hydrogen) atoms. The summed E-state index contributed by atoms with van der Waals surface area (Å²) in [5.74, 6) is -15.9. The molecule has 0 spiro atoms. The lowest BCUT2D eigenvalue weighted by Gasteiger charge is -2.50. The molecule has 21 heteroatoms. The van der Waals surface area contributed by atoms with Gasteiger partial charge in [0.05, 0.1) is 0 Å². The third-order valence-corrected chi connectivity index (χ3v) is 3.45. The molecule has 0 atom stereocenters. The Kier molecular flexibility index (Phi) is 6.68. The average Bonchev–Trinajstić information content (AvgIpc) is 2.34. The molecular formula is C10F21. The molecular weight excluding hydrogens is 519 g/mol. The van der Waals surface area contributed by atoms with Gasteiger partial charge in [0, 0.05) is 0 Å². The first-order valence-corrected chi connectivity index (χ1v) is 6.22. The van der Waals surface area contributed by atoms with Gasteiger partial charge in [-0.15, -0.1) is 0 Å². The average molecular weight is 519 g/mol. The van der Waals surface area contributed by atoms with E-state index in [9.17, 15) is 92.2 Å². The molecule has 0 aliphatic heterocycles. The van der Waals surface area contributed by atoms with Gasteiger partial charge in [0.2, 0.25) is 0 Å². The van der Waals surface area contributed by atoms with E-state index < -0.39 is 60.0 Å². The van der Waals surface area contributed by atoms with E-state index in [0.717, 1.165) is 0 Å². The summed E-state index contributed by atoms with van der Waals surface area (Å²) in [6.07, 6.45) is -52.4. The van der Waals surface area contributed by atoms with Crippen molar-refractivity contribution in [2.75, 3.05) is 0 Å². The lowest BCUT2D eigenvalue weighted by Crippen LogP contribution is -2.76. The number of halogens is 21. The standard InChI is InChI=1S/C10F21/c11-3(8(23,24)25,9(26,27)28)1(4(12,13)10(29,30)31)2(5(14,15)16,6(17,18)19)7(20,21)22. The molecule has 187 valence electrons. The Morgan fingerprint density at radius 1 is 0.290 bits per heavy atom. The van der Waals surface area contributed by atoms with Crippen molar-refractivity contribution in [1.82, 2.24) is 0 Å². The Hall–Kier alpha value is -1.47. The summed E-state index contributed by atoms with van der Waals surface area (Å²) in [6, 6.07) is 0. The fraction of sp³-hybridized carbons (Fsp3) is 0.900. The van der Waals surface area contributed by atoms with Crippen LogP contribution in [0.3, 0.4) is 0 Å². The lowest BCUT2D eigenvalue weighted by molar-refractivity contribution is -0.458. The van der Waals surface area contributed by atoms with Crippen molar-refractivity contribution in [3.05, 3.63) is 5.92 Å². The Labute approximate surface area is 153 Å². The van der Waals surface area contributed by atoms with Gasteiger partial charge in [-0.1, -0.05) is 0 Å². The van der Waals surface area contributed by atoms with Crippen molar-refractivity contribution in [1.29, 1.82) is 0 Å². The molecule has 1 radical (unpaired) electrons. The van der Waals surface area contributed by atoms with Gasteiger partial charge in [0.25, 0.3) is 5.41 Å². The van der Waals surface area contributed by atoms with Crippen LogP contribution < -0.4 is 0 Å². The summed E-state index contributed by atoms with van der Waals surface area (Å²) in [7, 11) is 0. The van der Waals surface area contributed by atoms with Crippen molar-refractivity contribution >= 4 is 0 Å². The maximum atomic E-state index is 13.8. The number of hydrogen-bond donors (Lipinski definition) is 0. The second-order valence-corrected chi connectivity index (χ2v) is 5.34. The van der Waals surface area contributed by atoms with Crippen molar-refractivity contribution in [2.45, 2.75) is 48.6 Å². The molecule has 0 amide bonds. The normalized spacial score (nSPS) is 16.8. The highest BCUT2D eigenvalue weighted by Crippen LogP contribution is 2.74. The van der Waals surface area contributed by atoms with E-state index in [2.05, 4.69) is 0 Å². The number of hydrogen-bond acceptors (Lipinski definition) is 0. The van der Waals surface area contributed by atoms with E-state index >= 15 is 0 Å². The van der Waals surface area contributed by atoms with Crippen molar-refractivity contribution < 1.29 is 92.2 Å². The van der Waals surface area contributed by atoms with Crippen LogP contribution >= 0.6 is 0 Å². The van der Waals surface area contributed by atoms with Gasteiger partial charge < -0.3 is 0 Å². The molecule has 0 bridgehead atoms. The number of alkyl halides is 21. The van der Waals surface area contributed by atoms with Gasteiger partial charge in [-0.25, -0.2) is 4.39 Å². The zero-order valence-electron chi connectivity index (χ0n) is 12.9. The molecule has 0 aliphatic rings. The molecule has 0 aromatic carbocycles. The highest BCUT2D eigenvalue weighted by molar-refractivity contribution is 5.36. The molecule has 0 rings (SSSR count). The lowest BCUT2D eigenvalue weighted by atomic mass is 9.62. The fourth-order valence-electron chi connectivity index (χ4n) is 2.20. The Balaban J connectivity index is 8.38. The van der Waals surface area contributed by atoms with E-state index in [1.165, 1.54) is 0 Å². The van der Waals surface area contributed by atoms with Crippen LogP contribution in [0.15, 0.2) is 0 Å². The molecule has 0 aromatic rings. The minimum absolute atomic E-state index is 6.98. The van der Waals surface area contributed by atoms with Crippen molar-refractivity contribution in [3.63, 3.8) is 0 Å². The topological polar surface area (TPSA) is 0 Å². The first-order chi connectivity index (χ1) is 12.9. The largest absolute Gasteiger partial charge is 0.454 e. The Bertz CT molecular complexity index is 578. The summed E-state index contributed by atoms with van der Waals surface area (Å²) in [5.41, 5.74) is -18.4. The summed E-state index contributed by atoms with van der Waals surface area (Å²) in [5, 5.41) is 0. The third kappa shape index (κ3) is 4.04. The van der Waals surface area contributed by atoms with Crippen LogP contribution in [-0.4, -0.2) is 48.6 Å². The van der Waals surface area contributed by atoms with Crippen LogP contribution in [0.1, 0.15) is 0 Å². The molecule has 0 saturated heterocycles. The van der Waals surface area contributed by atoms with Gasteiger partial charge in [0.1, 0.15) is 5.92 Å². The van der Waals surface area contributed by atoms with Gasteiger partial charge in [0.15, 0.2) is 0 Å². The first kappa shape index (κ1) is 29.5. The van der Waals surface area contributed by atoms with E-state index in [0.29, 0.717) is 0 Å². The molecule has 0 aromatic heterocycles. The minimum atomic E-state index is -9.30. The highest BCUT2D eigenvalue weighted by Gasteiger charge is 2.99. The molecule has 0 nitrogen and oxygen atoms in total. The number of rotatable bonds is 3. The minimum Gasteiger partial charge on any atom is -0.223 e. The zero-order valence-corrected chi connectivity index (χ0v) is 12.9. The molecule has 0 heterocycles. The van der Waals surface area contributed by atoms with Crippen molar-refractivity contribution in [3.8, 4) is 0 Å². The fourth-order valence-corrected chi connectivity index (χ4v) is 2.20. The van der Waals surface area contributed by atoms with Crippen LogP contribution in [0.2, 0.25) is 0 Å². The van der Waals surface area contributed by atoms with Crippen LogP contribution in [0.4, 0.5) is 92.2 Å². The quantitative estimate of drug-likeness (QED) is 0.345. The van der Waals surface area contributed by atoms with Gasteiger partial charge in [-0.05, 0) is 0 Å². The molecule has 0 fully saturated rings. The van der Waals surface area contributed by atoms with Crippen LogP contribution in [0.25, 0.3) is 0 Å². The Morgan fingerprint density at radius 3 is 0.645 bits per heavy atom. The van der Waals surface area contributed by atoms with E-state index in [4.69, 9.17) is 0 Å². The first-order valence-electron chi connectivity index (χ1n) is 6.22. The third-order valence-electron chi connectivity index (χ3n) is 3.45. The highest BCUT2D eigenvalue weighted by atomic mass is 19.5. The summed E-state index contributed by atoms with van der Waals surface area (Å²) >= 11 is 0. The SMILES string of the molecule is FC(F)(F)C(F)(F)[C](C(F)(C(F)(F)F)C(F)(F)F)C(C(F)(F)F)(C(F)(F)F)C(F)(F)F. The predicted molar refractivity (Wildman–Crippen MR) is 50.8 cm³/mol. The monoisotopic (exact) mass is 519 g/mol. The van der Waals surface area contributed by atoms with E-state index in [1.807, 2.05) is 0 Å². The molecule has 0 aliphatic carbocycles. The molecule has 0 saturated carbocycles. The van der Waals surface area contributed by atoms with Crippen LogP contribution in [0, 0.1) is 11.3 Å². The van der Waals surface area contributed by atoms with Gasteiger partial charge in [-0.2, -0.15) is 87.8 Å². The van der Waals surface area contributed by atoms with Crippen LogP contribution in [-0.2, 0) is 0 Å². The summed E-state index contributed by atoms with van der Waals surface area (Å²) in [6.45, 7) is 0. The maximum absolute atomic E-state index is 13.8. The van der Waals surface area contributed by atoms with Gasteiger partial charge >= 0.3 is 48.6 Å². The zero-order chi connectivity index (χ0) is 26.1. The van der Waals surface area contributed by atoms with Gasteiger partial charge in [-0.3, -0.25) is 0 Å². The predicted octanol–water partition coefficient (Wildman–Crippen LogP) is 7.26. The molecule has 0 unspecified atom stereocenters. The summed E-state index contributed by atoms with van der Waals surface area (Å²) < 4.78 is 268. The summed E-state index contributed by atoms with van der Waals surface area (Å²) in [4.78, 5) is 0.